The molecule has 2 heterocycles. The fourth-order valence-electron chi connectivity index (χ4n) is 3.60. The Bertz CT molecular complexity index is 741. The van der Waals surface area contributed by atoms with Gasteiger partial charge < -0.3 is 15.0 Å². The Morgan fingerprint density at radius 1 is 1.17 bits per heavy atom. The molecule has 0 aliphatic carbocycles. The predicted molar refractivity (Wildman–Crippen MR) is 95.8 cm³/mol. The van der Waals surface area contributed by atoms with Gasteiger partial charge in [0.1, 0.15) is 5.75 Å². The van der Waals surface area contributed by atoms with E-state index in [1.54, 1.807) is 0 Å². The van der Waals surface area contributed by atoms with E-state index < -0.39 is 6.10 Å². The molecular weight excluding hydrogens is 300 g/mol. The molecule has 1 atom stereocenters. The van der Waals surface area contributed by atoms with Crippen molar-refractivity contribution in [2.45, 2.75) is 32.3 Å². The lowest BCUT2D eigenvalue weighted by Crippen LogP contribution is -2.31. The van der Waals surface area contributed by atoms with E-state index in [1.807, 2.05) is 36.4 Å². The van der Waals surface area contributed by atoms with E-state index in [0.29, 0.717) is 6.42 Å². The lowest BCUT2D eigenvalue weighted by molar-refractivity contribution is -0.122. The van der Waals surface area contributed by atoms with Gasteiger partial charge in [-0.15, -0.1) is 0 Å². The maximum absolute atomic E-state index is 12.5. The number of para-hydroxylation sites is 1. The Labute approximate surface area is 142 Å². The molecule has 2 aliphatic rings. The maximum atomic E-state index is 12.5. The van der Waals surface area contributed by atoms with Crippen LogP contribution in [0, 0.1) is 6.92 Å². The number of nitrogens with one attached hydrogen (secondary N) is 1. The molecule has 0 spiro atoms. The first-order chi connectivity index (χ1) is 11.7. The summed E-state index contributed by atoms with van der Waals surface area (Å²) in [6, 6.07) is 14.0. The number of carbonyl (C=O) groups is 1. The molecule has 0 saturated carbocycles. The van der Waals surface area contributed by atoms with Crippen LogP contribution >= 0.6 is 0 Å². The standard InChI is InChI=1S/C20H22N2O2/c1-14-12-16(8-9-17(14)22-10-4-5-11-22)21-20(23)19-13-15-6-2-3-7-18(15)24-19/h2-3,6-9,12,19H,4-5,10-11,13H2,1H3,(H,21,23). The highest BCUT2D eigenvalue weighted by molar-refractivity contribution is 5.95. The van der Waals surface area contributed by atoms with Gasteiger partial charge >= 0.3 is 0 Å². The Balaban J connectivity index is 1.44. The van der Waals surface area contributed by atoms with Crippen LogP contribution in [0.15, 0.2) is 42.5 Å². The summed E-state index contributed by atoms with van der Waals surface area (Å²) in [7, 11) is 0. The number of anilines is 2. The smallest absolute Gasteiger partial charge is 0.265 e. The van der Waals surface area contributed by atoms with Gasteiger partial charge in [0, 0.05) is 30.9 Å². The highest BCUT2D eigenvalue weighted by Gasteiger charge is 2.28. The maximum Gasteiger partial charge on any atom is 0.265 e. The van der Waals surface area contributed by atoms with Crippen LogP contribution < -0.4 is 15.0 Å². The third kappa shape index (κ3) is 2.84. The van der Waals surface area contributed by atoms with Gasteiger partial charge in [-0.2, -0.15) is 0 Å². The minimum atomic E-state index is -0.444. The Morgan fingerprint density at radius 2 is 1.96 bits per heavy atom. The van der Waals surface area contributed by atoms with Gasteiger partial charge in [0.05, 0.1) is 0 Å². The lowest BCUT2D eigenvalue weighted by Gasteiger charge is -2.21. The number of benzene rings is 2. The highest BCUT2D eigenvalue weighted by Crippen LogP contribution is 2.30. The van der Waals surface area contributed by atoms with E-state index in [1.165, 1.54) is 24.1 Å². The molecule has 1 saturated heterocycles. The van der Waals surface area contributed by atoms with Gasteiger partial charge in [0.25, 0.3) is 5.91 Å². The summed E-state index contributed by atoms with van der Waals surface area (Å²) in [5, 5.41) is 2.99. The molecule has 1 N–H and O–H groups in total. The molecule has 2 aliphatic heterocycles. The summed E-state index contributed by atoms with van der Waals surface area (Å²) in [5.41, 5.74) is 4.40. The van der Waals surface area contributed by atoms with Crippen LogP contribution in [0.25, 0.3) is 0 Å². The van der Waals surface area contributed by atoms with E-state index >= 15 is 0 Å². The molecule has 4 nitrogen and oxygen atoms in total. The van der Waals surface area contributed by atoms with Crippen LogP contribution in [0.3, 0.4) is 0 Å². The van der Waals surface area contributed by atoms with Gasteiger partial charge in [0.15, 0.2) is 6.10 Å². The third-order valence-electron chi connectivity index (χ3n) is 4.85. The quantitative estimate of drug-likeness (QED) is 0.940. The Kier molecular flexibility index (Phi) is 3.89. The molecule has 2 aromatic carbocycles. The molecule has 124 valence electrons. The number of hydrogen-bond acceptors (Lipinski definition) is 3. The van der Waals surface area contributed by atoms with E-state index in [-0.39, 0.29) is 5.91 Å². The summed E-state index contributed by atoms with van der Waals surface area (Å²) in [4.78, 5) is 14.9. The van der Waals surface area contributed by atoms with Crippen molar-refractivity contribution in [1.82, 2.24) is 0 Å². The molecule has 0 aromatic heterocycles. The molecule has 24 heavy (non-hydrogen) atoms. The molecule has 0 radical (unpaired) electrons. The zero-order chi connectivity index (χ0) is 16.5. The van der Waals surface area contributed by atoms with E-state index in [0.717, 1.165) is 30.1 Å². The topological polar surface area (TPSA) is 41.6 Å². The number of amides is 1. The summed E-state index contributed by atoms with van der Waals surface area (Å²) in [6.45, 7) is 4.35. The van der Waals surface area contributed by atoms with Crippen molar-refractivity contribution in [2.75, 3.05) is 23.3 Å². The molecule has 1 amide bonds. The van der Waals surface area contributed by atoms with Crippen molar-refractivity contribution < 1.29 is 9.53 Å². The van der Waals surface area contributed by atoms with Gasteiger partial charge in [-0.25, -0.2) is 0 Å². The van der Waals surface area contributed by atoms with Gasteiger partial charge in [-0.3, -0.25) is 4.79 Å². The normalized spacial score (nSPS) is 19.0. The summed E-state index contributed by atoms with van der Waals surface area (Å²) in [6.07, 6.45) is 2.71. The number of hydrogen-bond donors (Lipinski definition) is 1. The largest absolute Gasteiger partial charge is 0.480 e. The van der Waals surface area contributed by atoms with Crippen LogP contribution in [0.5, 0.6) is 5.75 Å². The second-order valence-corrected chi connectivity index (χ2v) is 6.60. The lowest BCUT2D eigenvalue weighted by atomic mass is 10.1. The zero-order valence-electron chi connectivity index (χ0n) is 13.9. The zero-order valence-corrected chi connectivity index (χ0v) is 13.9. The van der Waals surface area contributed by atoms with Crippen molar-refractivity contribution in [2.24, 2.45) is 0 Å². The van der Waals surface area contributed by atoms with E-state index in [2.05, 4.69) is 23.2 Å². The van der Waals surface area contributed by atoms with Gasteiger partial charge in [0.2, 0.25) is 0 Å². The SMILES string of the molecule is Cc1cc(NC(=O)C2Cc3ccccc3O2)ccc1N1CCCC1. The van der Waals surface area contributed by atoms with E-state index in [9.17, 15) is 4.79 Å². The minimum absolute atomic E-state index is 0.0838. The van der Waals surface area contributed by atoms with Crippen LogP contribution in [0.1, 0.15) is 24.0 Å². The number of aryl methyl sites for hydroxylation is 1. The average Bonchev–Trinajstić information content (AvgIpc) is 3.24. The first-order valence-corrected chi connectivity index (χ1v) is 8.62. The first kappa shape index (κ1) is 15.1. The number of ether oxygens (including phenoxy) is 1. The van der Waals surface area contributed by atoms with Gasteiger partial charge in [-0.1, -0.05) is 18.2 Å². The number of rotatable bonds is 3. The van der Waals surface area contributed by atoms with Crippen LogP contribution in [0.4, 0.5) is 11.4 Å². The number of nitrogens with zero attached hydrogens (tertiary/aromatic N) is 1. The average molecular weight is 322 g/mol. The van der Waals surface area contributed by atoms with Crippen LogP contribution in [-0.4, -0.2) is 25.1 Å². The highest BCUT2D eigenvalue weighted by atomic mass is 16.5. The minimum Gasteiger partial charge on any atom is -0.480 e. The third-order valence-corrected chi connectivity index (χ3v) is 4.85. The molecule has 4 heteroatoms. The second-order valence-electron chi connectivity index (χ2n) is 6.60. The van der Waals surface area contributed by atoms with Crippen LogP contribution in [-0.2, 0) is 11.2 Å². The number of carbonyl (C=O) groups excluding carboxylic acids is 1. The Hall–Kier alpha value is -2.49. The first-order valence-electron chi connectivity index (χ1n) is 8.62. The van der Waals surface area contributed by atoms with E-state index in [4.69, 9.17) is 4.74 Å². The molecule has 2 aromatic rings. The molecular formula is C20H22N2O2. The summed E-state index contributed by atoms with van der Waals surface area (Å²) in [5.74, 6) is 0.734. The van der Waals surface area contributed by atoms with Gasteiger partial charge in [-0.05, 0) is 55.2 Å². The summed E-state index contributed by atoms with van der Waals surface area (Å²) >= 11 is 0. The molecule has 4 rings (SSSR count). The Morgan fingerprint density at radius 3 is 2.71 bits per heavy atom. The number of fused-ring (bicyclic) bond motifs is 1. The molecule has 1 fully saturated rings. The predicted octanol–water partition coefficient (Wildman–Crippen LogP) is 3.54. The second kappa shape index (κ2) is 6.19. The van der Waals surface area contributed by atoms with Crippen molar-refractivity contribution in [1.29, 1.82) is 0 Å². The van der Waals surface area contributed by atoms with Crippen molar-refractivity contribution in [3.05, 3.63) is 53.6 Å². The molecule has 0 bridgehead atoms. The fraction of sp³-hybridized carbons (Fsp3) is 0.350. The van der Waals surface area contributed by atoms with Crippen molar-refractivity contribution >= 4 is 17.3 Å². The summed E-state index contributed by atoms with van der Waals surface area (Å²) < 4.78 is 5.76. The molecule has 1 unspecified atom stereocenters. The monoisotopic (exact) mass is 322 g/mol. The van der Waals surface area contributed by atoms with Crippen LogP contribution in [0.2, 0.25) is 0 Å². The van der Waals surface area contributed by atoms with Crippen molar-refractivity contribution in [3.8, 4) is 5.75 Å². The van der Waals surface area contributed by atoms with Crippen molar-refractivity contribution in [3.63, 3.8) is 0 Å². The fourth-order valence-corrected chi connectivity index (χ4v) is 3.60.